The average molecular weight is 572 g/mol. The Labute approximate surface area is 238 Å². The van der Waals surface area contributed by atoms with Crippen LogP contribution < -0.4 is 9.47 Å². The van der Waals surface area contributed by atoms with Crippen LogP contribution in [-0.2, 0) is 18.0 Å². The average Bonchev–Trinajstić information content (AvgIpc) is 3.44. The van der Waals surface area contributed by atoms with Crippen LogP contribution in [0.2, 0.25) is 0 Å². The van der Waals surface area contributed by atoms with Crippen molar-refractivity contribution in [3.05, 3.63) is 120 Å². The number of carbonyl (C=O) groups is 1. The van der Waals surface area contributed by atoms with E-state index in [1.54, 1.807) is 6.20 Å². The number of nitrogens with zero attached hydrogens (tertiary/aromatic N) is 2. The monoisotopic (exact) mass is 571 g/mol. The Hall–Kier alpha value is -5.38. The van der Waals surface area contributed by atoms with Gasteiger partial charge in [-0.3, -0.25) is 0 Å². The fraction of sp³-hybridized carbons (Fsp3) is 0.0938. The quantitative estimate of drug-likeness (QED) is 0.205. The van der Waals surface area contributed by atoms with Crippen LogP contribution in [0.3, 0.4) is 0 Å². The molecule has 0 aliphatic rings. The van der Waals surface area contributed by atoms with Gasteiger partial charge in [-0.2, -0.15) is 13.2 Å². The molecule has 0 bridgehead atoms. The van der Waals surface area contributed by atoms with E-state index >= 15 is 0 Å². The summed E-state index contributed by atoms with van der Waals surface area (Å²) >= 11 is 0. The number of nitrogens with one attached hydrogen (secondary N) is 1. The predicted octanol–water partition coefficient (Wildman–Crippen LogP) is 7.57. The normalized spacial score (nSPS) is 11.1. The minimum atomic E-state index is -5.08. The predicted molar refractivity (Wildman–Crippen MR) is 152 cm³/mol. The van der Waals surface area contributed by atoms with Crippen molar-refractivity contribution >= 4 is 27.9 Å². The van der Waals surface area contributed by atoms with Gasteiger partial charge in [0.05, 0.1) is 5.52 Å². The molecule has 0 aliphatic carbocycles. The maximum atomic E-state index is 10.6. The van der Waals surface area contributed by atoms with Crippen LogP contribution in [0.15, 0.2) is 109 Å². The lowest BCUT2D eigenvalue weighted by molar-refractivity contribution is -0.192. The molecule has 2 aromatic heterocycles. The van der Waals surface area contributed by atoms with E-state index in [4.69, 9.17) is 19.4 Å². The molecule has 6 rings (SSSR count). The van der Waals surface area contributed by atoms with Gasteiger partial charge in [-0.15, -0.1) is 0 Å². The summed E-state index contributed by atoms with van der Waals surface area (Å²) in [6.07, 6.45) is -3.34. The molecule has 0 spiro atoms. The molecule has 10 heteroatoms. The Morgan fingerprint density at radius 2 is 1.48 bits per heavy atom. The van der Waals surface area contributed by atoms with Crippen molar-refractivity contribution in [2.24, 2.45) is 0 Å². The molecular formula is C32H24F3N3O4. The molecule has 6 aromatic rings. The summed E-state index contributed by atoms with van der Waals surface area (Å²) in [6.45, 7) is 0.916. The molecule has 0 fully saturated rings. The number of halogens is 3. The van der Waals surface area contributed by atoms with E-state index in [1.165, 1.54) is 10.8 Å². The number of aromatic amines is 1. The number of fused-ring (bicyclic) bond motifs is 2. The number of aromatic nitrogens is 3. The van der Waals surface area contributed by atoms with Gasteiger partial charge in [-0.25, -0.2) is 14.8 Å². The van der Waals surface area contributed by atoms with Crippen LogP contribution in [0.25, 0.3) is 33.3 Å². The number of H-pyrrole nitrogens is 1. The Morgan fingerprint density at radius 3 is 2.19 bits per heavy atom. The molecule has 0 radical (unpaired) electrons. The lowest BCUT2D eigenvalue weighted by atomic mass is 10.1. The van der Waals surface area contributed by atoms with E-state index in [1.807, 2.05) is 60.7 Å². The van der Waals surface area contributed by atoms with Gasteiger partial charge in [0.2, 0.25) is 0 Å². The summed E-state index contributed by atoms with van der Waals surface area (Å²) in [7, 11) is 0. The Bertz CT molecular complexity index is 1780. The highest BCUT2D eigenvalue weighted by Gasteiger charge is 2.38. The number of ether oxygens (including phenoxy) is 2. The fourth-order valence-electron chi connectivity index (χ4n) is 4.18. The van der Waals surface area contributed by atoms with Crippen molar-refractivity contribution < 1.29 is 32.5 Å². The second-order valence-electron chi connectivity index (χ2n) is 9.16. The zero-order valence-electron chi connectivity index (χ0n) is 22.0. The van der Waals surface area contributed by atoms with Gasteiger partial charge >= 0.3 is 12.1 Å². The third kappa shape index (κ3) is 7.03. The smallest absolute Gasteiger partial charge is 0.489 e. The van der Waals surface area contributed by atoms with Crippen molar-refractivity contribution in [2.45, 2.75) is 19.4 Å². The largest absolute Gasteiger partial charge is 0.490 e. The van der Waals surface area contributed by atoms with Gasteiger partial charge in [0.25, 0.3) is 0 Å². The van der Waals surface area contributed by atoms with Crippen molar-refractivity contribution in [3.63, 3.8) is 0 Å². The third-order valence-electron chi connectivity index (χ3n) is 6.18. The number of aliphatic carboxylic acids is 1. The standard InChI is InChI=1S/C30H23N3O2.C2HF3O2/c1-2-8-21(9-3-1)19-34-25-16-24(29-32-28-14-7-15-31-30(28)33-29)17-26(18-25)35-20-23-12-6-11-22-10-4-5-13-27(22)23;3-2(4,5)1(6)7/h1-18H,19-20H2,(H,31,32,33);(H,6,7). The Kier molecular flexibility index (Phi) is 8.33. The number of pyridine rings is 1. The molecule has 42 heavy (non-hydrogen) atoms. The molecule has 4 aromatic carbocycles. The Balaban J connectivity index is 0.000000451. The number of carboxylic acids is 1. The van der Waals surface area contributed by atoms with Gasteiger partial charge in [0, 0.05) is 17.8 Å². The highest BCUT2D eigenvalue weighted by Crippen LogP contribution is 2.31. The van der Waals surface area contributed by atoms with E-state index in [2.05, 4.69) is 57.4 Å². The topological polar surface area (TPSA) is 97.3 Å². The van der Waals surface area contributed by atoms with Crippen molar-refractivity contribution in [2.75, 3.05) is 0 Å². The number of imidazole rings is 1. The first-order valence-electron chi connectivity index (χ1n) is 12.8. The SMILES string of the molecule is O=C(O)C(F)(F)F.c1ccc(COc2cc(OCc3cccc4ccccc34)cc(-c3nc4ncccc4[nH]3)c2)cc1. The second kappa shape index (κ2) is 12.4. The highest BCUT2D eigenvalue weighted by atomic mass is 19.4. The first-order valence-corrected chi connectivity index (χ1v) is 12.8. The molecule has 0 saturated heterocycles. The minimum Gasteiger partial charge on any atom is -0.489 e. The summed E-state index contributed by atoms with van der Waals surface area (Å²) in [5.41, 5.74) is 4.67. The maximum Gasteiger partial charge on any atom is 0.490 e. The molecule has 2 heterocycles. The molecule has 0 atom stereocenters. The third-order valence-corrected chi connectivity index (χ3v) is 6.18. The molecule has 7 nitrogen and oxygen atoms in total. The molecule has 0 amide bonds. The Morgan fingerprint density at radius 1 is 0.810 bits per heavy atom. The highest BCUT2D eigenvalue weighted by molar-refractivity contribution is 5.85. The van der Waals surface area contributed by atoms with Crippen molar-refractivity contribution in [1.82, 2.24) is 15.0 Å². The summed E-state index contributed by atoms with van der Waals surface area (Å²) in [6, 6.07) is 34.5. The second-order valence-corrected chi connectivity index (χ2v) is 9.16. The van der Waals surface area contributed by atoms with Crippen LogP contribution in [0.1, 0.15) is 11.1 Å². The number of benzene rings is 4. The first-order chi connectivity index (χ1) is 20.3. The van der Waals surface area contributed by atoms with Gasteiger partial charge in [-0.05, 0) is 46.2 Å². The summed E-state index contributed by atoms with van der Waals surface area (Å²) in [5, 5.41) is 9.51. The first kappa shape index (κ1) is 28.2. The van der Waals surface area contributed by atoms with Crippen molar-refractivity contribution in [3.8, 4) is 22.9 Å². The van der Waals surface area contributed by atoms with Gasteiger partial charge in [-0.1, -0.05) is 72.8 Å². The molecule has 212 valence electrons. The maximum absolute atomic E-state index is 10.6. The molecular weight excluding hydrogens is 547 g/mol. The molecule has 0 saturated carbocycles. The summed E-state index contributed by atoms with van der Waals surface area (Å²) in [5.74, 6) is -0.606. The van der Waals surface area contributed by atoms with Crippen LogP contribution in [0.4, 0.5) is 13.2 Å². The number of carboxylic acid groups (broad SMARTS) is 1. The van der Waals surface area contributed by atoms with E-state index in [0.29, 0.717) is 30.4 Å². The van der Waals surface area contributed by atoms with Crippen LogP contribution in [-0.4, -0.2) is 32.2 Å². The number of alkyl halides is 3. The molecule has 0 aliphatic heterocycles. The van der Waals surface area contributed by atoms with Crippen LogP contribution >= 0.6 is 0 Å². The van der Waals surface area contributed by atoms with Crippen molar-refractivity contribution in [1.29, 1.82) is 0 Å². The number of rotatable bonds is 7. The minimum absolute atomic E-state index is 0.449. The molecule has 0 unspecified atom stereocenters. The van der Waals surface area contributed by atoms with Crippen LogP contribution in [0, 0.1) is 0 Å². The van der Waals surface area contributed by atoms with E-state index in [9.17, 15) is 13.2 Å². The van der Waals surface area contributed by atoms with Gasteiger partial charge in [0.1, 0.15) is 30.5 Å². The lowest BCUT2D eigenvalue weighted by Crippen LogP contribution is -2.21. The zero-order chi connectivity index (χ0) is 29.5. The fourth-order valence-corrected chi connectivity index (χ4v) is 4.18. The molecule has 2 N–H and O–H groups in total. The van der Waals surface area contributed by atoms with Gasteiger partial charge < -0.3 is 19.6 Å². The zero-order valence-corrected chi connectivity index (χ0v) is 22.0. The number of hydrogen-bond donors (Lipinski definition) is 2. The lowest BCUT2D eigenvalue weighted by Gasteiger charge is -2.13. The summed E-state index contributed by atoms with van der Waals surface area (Å²) < 4.78 is 44.2. The summed E-state index contributed by atoms with van der Waals surface area (Å²) in [4.78, 5) is 21.3. The van der Waals surface area contributed by atoms with Gasteiger partial charge in [0.15, 0.2) is 5.65 Å². The van der Waals surface area contributed by atoms with E-state index < -0.39 is 12.1 Å². The number of hydrogen-bond acceptors (Lipinski definition) is 5. The van der Waals surface area contributed by atoms with E-state index in [0.717, 1.165) is 28.0 Å². The van der Waals surface area contributed by atoms with E-state index in [-0.39, 0.29) is 0 Å². The van der Waals surface area contributed by atoms with Crippen LogP contribution in [0.5, 0.6) is 11.5 Å².